The van der Waals surface area contributed by atoms with E-state index in [4.69, 9.17) is 5.11 Å². The minimum absolute atomic E-state index is 0.126. The third-order valence-electron chi connectivity index (χ3n) is 3.87. The van der Waals surface area contributed by atoms with Crippen LogP contribution in [-0.4, -0.2) is 62.0 Å². The molecule has 7 heteroatoms. The number of hydrogen-bond acceptors (Lipinski definition) is 4. The van der Waals surface area contributed by atoms with E-state index in [1.807, 2.05) is 13.1 Å². The highest BCUT2D eigenvalue weighted by molar-refractivity contribution is 5.85. The third kappa shape index (κ3) is 3.41. The lowest BCUT2D eigenvalue weighted by molar-refractivity contribution is -0.150. The molecule has 2 rings (SSSR count). The van der Waals surface area contributed by atoms with Crippen LogP contribution < -0.4 is 0 Å². The zero-order valence-electron chi connectivity index (χ0n) is 12.7. The molecule has 1 atom stereocenters. The second-order valence-corrected chi connectivity index (χ2v) is 5.69. The highest BCUT2D eigenvalue weighted by atomic mass is 16.4. The number of aromatic nitrogens is 2. The number of amides is 1. The van der Waals surface area contributed by atoms with E-state index in [1.165, 1.54) is 4.90 Å². The molecule has 1 fully saturated rings. The van der Waals surface area contributed by atoms with Crippen LogP contribution >= 0.6 is 0 Å². The first-order chi connectivity index (χ1) is 9.90. The summed E-state index contributed by atoms with van der Waals surface area (Å²) in [5.41, 5.74) is 1.07. The fourth-order valence-electron chi connectivity index (χ4n) is 2.64. The lowest BCUT2D eigenvalue weighted by Crippen LogP contribution is -2.56. The maximum absolute atomic E-state index is 12.2. The first-order valence-corrected chi connectivity index (χ1v) is 7.15. The fraction of sp³-hybridized carbons (Fsp3) is 0.643. The Bertz CT molecular complexity index is 526. The summed E-state index contributed by atoms with van der Waals surface area (Å²) >= 11 is 0. The maximum Gasteiger partial charge on any atom is 0.323 e. The van der Waals surface area contributed by atoms with Gasteiger partial charge in [0.25, 0.3) is 0 Å². The van der Waals surface area contributed by atoms with Gasteiger partial charge < -0.3 is 14.6 Å². The highest BCUT2D eigenvalue weighted by Gasteiger charge is 2.32. The van der Waals surface area contributed by atoms with Crippen LogP contribution in [0.15, 0.2) is 12.5 Å². The second kappa shape index (κ2) is 6.26. The van der Waals surface area contributed by atoms with Crippen molar-refractivity contribution in [2.24, 2.45) is 0 Å². The SMILES string of the molecule is CC1C(=O)N(CC(=O)O)CCN1Cc1cncn1C(C)C. The summed E-state index contributed by atoms with van der Waals surface area (Å²) in [7, 11) is 0. The molecule has 0 radical (unpaired) electrons. The van der Waals surface area contributed by atoms with Crippen LogP contribution in [0.3, 0.4) is 0 Å². The van der Waals surface area contributed by atoms with Crippen LogP contribution in [0, 0.1) is 0 Å². The number of carboxylic acid groups (broad SMARTS) is 1. The maximum atomic E-state index is 12.2. The van der Waals surface area contributed by atoms with Crippen LogP contribution in [0.5, 0.6) is 0 Å². The number of hydrogen-bond donors (Lipinski definition) is 1. The average Bonchev–Trinajstić information content (AvgIpc) is 2.86. The van der Waals surface area contributed by atoms with Gasteiger partial charge in [-0.15, -0.1) is 0 Å². The number of piperazine rings is 1. The standard InChI is InChI=1S/C14H22N4O3/c1-10(2)18-9-15-6-12(18)7-16-4-5-17(8-13(19)20)14(21)11(16)3/h6,9-11H,4-5,7-8H2,1-3H3,(H,19,20). The molecule has 0 bridgehead atoms. The average molecular weight is 294 g/mol. The Kier molecular flexibility index (Phi) is 4.62. The van der Waals surface area contributed by atoms with E-state index in [-0.39, 0.29) is 18.5 Å². The van der Waals surface area contributed by atoms with E-state index in [1.54, 1.807) is 6.33 Å². The van der Waals surface area contributed by atoms with Crippen LogP contribution in [0.25, 0.3) is 0 Å². The van der Waals surface area contributed by atoms with Gasteiger partial charge in [0, 0.05) is 31.9 Å². The van der Waals surface area contributed by atoms with E-state index in [0.29, 0.717) is 25.7 Å². The quantitative estimate of drug-likeness (QED) is 0.859. The summed E-state index contributed by atoms with van der Waals surface area (Å²) in [5.74, 6) is -1.10. The Hall–Kier alpha value is -1.89. The van der Waals surface area contributed by atoms with E-state index >= 15 is 0 Å². The van der Waals surface area contributed by atoms with Crippen molar-refractivity contribution in [3.05, 3.63) is 18.2 Å². The molecule has 1 aromatic heterocycles. The lowest BCUT2D eigenvalue weighted by atomic mass is 10.1. The largest absolute Gasteiger partial charge is 0.480 e. The summed E-state index contributed by atoms with van der Waals surface area (Å²) < 4.78 is 2.08. The molecule has 2 heterocycles. The molecule has 1 aliphatic rings. The van der Waals surface area contributed by atoms with Crippen molar-refractivity contribution in [3.63, 3.8) is 0 Å². The molecule has 1 saturated heterocycles. The van der Waals surface area contributed by atoms with Crippen molar-refractivity contribution in [2.45, 2.75) is 39.4 Å². The summed E-state index contributed by atoms with van der Waals surface area (Å²) in [6.45, 7) is 7.54. The van der Waals surface area contributed by atoms with Crippen LogP contribution in [0.1, 0.15) is 32.5 Å². The normalized spacial score (nSPS) is 20.3. The van der Waals surface area contributed by atoms with Crippen molar-refractivity contribution in [1.82, 2.24) is 19.4 Å². The topological polar surface area (TPSA) is 78.7 Å². The van der Waals surface area contributed by atoms with Gasteiger partial charge in [-0.3, -0.25) is 14.5 Å². The zero-order chi connectivity index (χ0) is 15.6. The monoisotopic (exact) mass is 294 g/mol. The molecule has 0 saturated carbocycles. The molecule has 21 heavy (non-hydrogen) atoms. The number of carbonyl (C=O) groups is 2. The number of nitrogens with zero attached hydrogens (tertiary/aromatic N) is 4. The van der Waals surface area contributed by atoms with Crippen LogP contribution in [0.2, 0.25) is 0 Å². The van der Waals surface area contributed by atoms with E-state index in [0.717, 1.165) is 5.69 Å². The van der Waals surface area contributed by atoms with Gasteiger partial charge in [0.2, 0.25) is 5.91 Å². The molecule has 116 valence electrons. The van der Waals surface area contributed by atoms with E-state index in [9.17, 15) is 9.59 Å². The molecule has 1 aliphatic heterocycles. The summed E-state index contributed by atoms with van der Waals surface area (Å²) in [4.78, 5) is 30.6. The number of carboxylic acids is 1. The minimum atomic E-state index is -0.970. The molecule has 1 amide bonds. The summed E-state index contributed by atoms with van der Waals surface area (Å²) in [6.07, 6.45) is 3.62. The summed E-state index contributed by atoms with van der Waals surface area (Å²) in [5, 5.41) is 8.82. The van der Waals surface area contributed by atoms with Gasteiger partial charge in [0.15, 0.2) is 0 Å². The highest BCUT2D eigenvalue weighted by Crippen LogP contribution is 2.17. The Morgan fingerprint density at radius 3 is 2.81 bits per heavy atom. The van der Waals surface area contributed by atoms with Gasteiger partial charge in [0.1, 0.15) is 6.54 Å². The zero-order valence-corrected chi connectivity index (χ0v) is 12.7. The number of imidazole rings is 1. The number of aliphatic carboxylic acids is 1. The molecule has 1 unspecified atom stereocenters. The van der Waals surface area contributed by atoms with Gasteiger partial charge >= 0.3 is 5.97 Å². The van der Waals surface area contributed by atoms with Gasteiger partial charge in [-0.2, -0.15) is 0 Å². The lowest BCUT2D eigenvalue weighted by Gasteiger charge is -2.38. The molecule has 0 aliphatic carbocycles. The number of carbonyl (C=O) groups excluding carboxylic acids is 1. The first-order valence-electron chi connectivity index (χ1n) is 7.15. The third-order valence-corrected chi connectivity index (χ3v) is 3.87. The molecule has 1 aromatic rings. The summed E-state index contributed by atoms with van der Waals surface area (Å²) in [6, 6.07) is 0.00965. The van der Waals surface area contributed by atoms with Crippen molar-refractivity contribution >= 4 is 11.9 Å². The Labute approximate surface area is 124 Å². The molecular weight excluding hydrogens is 272 g/mol. The molecule has 7 nitrogen and oxygen atoms in total. The second-order valence-electron chi connectivity index (χ2n) is 5.69. The minimum Gasteiger partial charge on any atom is -0.480 e. The van der Waals surface area contributed by atoms with E-state index < -0.39 is 5.97 Å². The van der Waals surface area contributed by atoms with Gasteiger partial charge in [0.05, 0.1) is 18.1 Å². The smallest absolute Gasteiger partial charge is 0.323 e. The molecular formula is C14H22N4O3. The van der Waals surface area contributed by atoms with Crippen molar-refractivity contribution in [3.8, 4) is 0 Å². The predicted octanol–water partition coefficient (Wildman–Crippen LogP) is 0.581. The Morgan fingerprint density at radius 1 is 1.48 bits per heavy atom. The van der Waals surface area contributed by atoms with Crippen molar-refractivity contribution < 1.29 is 14.7 Å². The predicted molar refractivity (Wildman–Crippen MR) is 76.7 cm³/mol. The number of rotatable bonds is 5. The van der Waals surface area contributed by atoms with Crippen molar-refractivity contribution in [1.29, 1.82) is 0 Å². The van der Waals surface area contributed by atoms with E-state index in [2.05, 4.69) is 28.3 Å². The van der Waals surface area contributed by atoms with Crippen LogP contribution in [-0.2, 0) is 16.1 Å². The molecule has 0 aromatic carbocycles. The van der Waals surface area contributed by atoms with Crippen LogP contribution in [0.4, 0.5) is 0 Å². The molecule has 0 spiro atoms. The fourth-order valence-corrected chi connectivity index (χ4v) is 2.64. The first kappa shape index (κ1) is 15.5. The Morgan fingerprint density at radius 2 is 2.19 bits per heavy atom. The van der Waals surface area contributed by atoms with Gasteiger partial charge in [-0.1, -0.05) is 0 Å². The van der Waals surface area contributed by atoms with Gasteiger partial charge in [-0.05, 0) is 20.8 Å². The van der Waals surface area contributed by atoms with Gasteiger partial charge in [-0.25, -0.2) is 4.98 Å². The molecule has 1 N–H and O–H groups in total. The van der Waals surface area contributed by atoms with Crippen molar-refractivity contribution in [2.75, 3.05) is 19.6 Å². The Balaban J connectivity index is 2.04.